The molecule has 0 saturated heterocycles. The Bertz CT molecular complexity index is 357. The molecule has 78 valence electrons. The lowest BCUT2D eigenvalue weighted by molar-refractivity contribution is 1.20. The van der Waals surface area contributed by atoms with Crippen molar-refractivity contribution >= 4 is 17.4 Å². The summed E-state index contributed by atoms with van der Waals surface area (Å²) in [5.41, 5.74) is 1.39. The van der Waals surface area contributed by atoms with Gasteiger partial charge in [0.15, 0.2) is 0 Å². The van der Waals surface area contributed by atoms with Crippen LogP contribution in [-0.4, -0.2) is 23.0 Å². The van der Waals surface area contributed by atoms with Crippen molar-refractivity contribution in [3.8, 4) is 6.07 Å². The Morgan fingerprint density at radius 3 is 3.27 bits per heavy atom. The second-order valence-corrected chi connectivity index (χ2v) is 3.98. The van der Waals surface area contributed by atoms with E-state index in [-0.39, 0.29) is 0 Å². The molecule has 0 aliphatic carbocycles. The molecule has 4 heteroatoms. The molecule has 0 fully saturated rings. The van der Waals surface area contributed by atoms with Crippen LogP contribution < -0.4 is 5.32 Å². The van der Waals surface area contributed by atoms with Crippen molar-refractivity contribution in [2.45, 2.75) is 0 Å². The Hall–Kier alpha value is -1.47. The van der Waals surface area contributed by atoms with E-state index in [0.717, 1.165) is 23.7 Å². The van der Waals surface area contributed by atoms with Gasteiger partial charge in [-0.3, -0.25) is 0 Å². The first kappa shape index (κ1) is 11.6. The van der Waals surface area contributed by atoms with Gasteiger partial charge in [0.1, 0.15) is 11.8 Å². The highest BCUT2D eigenvalue weighted by molar-refractivity contribution is 7.99. The van der Waals surface area contributed by atoms with Gasteiger partial charge in [-0.2, -0.15) is 17.0 Å². The highest BCUT2D eigenvalue weighted by Crippen LogP contribution is 2.07. The molecule has 1 heterocycles. The van der Waals surface area contributed by atoms with Crippen LogP contribution in [0.5, 0.6) is 0 Å². The molecule has 0 bridgehead atoms. The third-order valence-corrected chi connectivity index (χ3v) is 2.65. The van der Waals surface area contributed by atoms with E-state index in [4.69, 9.17) is 5.26 Å². The summed E-state index contributed by atoms with van der Waals surface area (Å²) >= 11 is 1.82. The van der Waals surface area contributed by atoms with Crippen molar-refractivity contribution in [3.63, 3.8) is 0 Å². The standard InChI is InChI=1S/C11H13N3S/c1-2-6-15-7-5-14-10-3-4-13-11(8-10)9-12/h2-4,8H,1,5-7H2,(H,13,14). The third-order valence-electron chi connectivity index (χ3n) is 1.69. The van der Waals surface area contributed by atoms with E-state index in [0.29, 0.717) is 5.69 Å². The Kier molecular flexibility index (Phi) is 5.34. The molecular weight excluding hydrogens is 206 g/mol. The molecule has 1 N–H and O–H groups in total. The number of hydrogen-bond donors (Lipinski definition) is 1. The first-order chi connectivity index (χ1) is 7.36. The van der Waals surface area contributed by atoms with E-state index in [2.05, 4.69) is 16.9 Å². The van der Waals surface area contributed by atoms with Crippen molar-refractivity contribution in [3.05, 3.63) is 36.7 Å². The minimum Gasteiger partial charge on any atom is -0.384 e. The number of rotatable bonds is 6. The van der Waals surface area contributed by atoms with Crippen molar-refractivity contribution in [2.24, 2.45) is 0 Å². The maximum atomic E-state index is 8.65. The van der Waals surface area contributed by atoms with Gasteiger partial charge < -0.3 is 5.32 Å². The van der Waals surface area contributed by atoms with Crippen LogP contribution in [0.15, 0.2) is 31.0 Å². The van der Waals surface area contributed by atoms with Crippen LogP contribution >= 0.6 is 11.8 Å². The predicted octanol–water partition coefficient (Wildman–Crippen LogP) is 2.28. The van der Waals surface area contributed by atoms with Crippen LogP contribution in [0.25, 0.3) is 0 Å². The highest BCUT2D eigenvalue weighted by Gasteiger charge is 1.94. The fourth-order valence-electron chi connectivity index (χ4n) is 1.04. The zero-order chi connectivity index (χ0) is 10.9. The number of thioether (sulfide) groups is 1. The zero-order valence-electron chi connectivity index (χ0n) is 8.44. The van der Waals surface area contributed by atoms with Gasteiger partial charge in [-0.15, -0.1) is 6.58 Å². The summed E-state index contributed by atoms with van der Waals surface area (Å²) in [6, 6.07) is 5.62. The predicted molar refractivity (Wildman–Crippen MR) is 65.0 cm³/mol. The molecule has 3 nitrogen and oxygen atoms in total. The third kappa shape index (κ3) is 4.52. The number of nitrogens with one attached hydrogen (secondary N) is 1. The van der Waals surface area contributed by atoms with Crippen LogP contribution in [-0.2, 0) is 0 Å². The van der Waals surface area contributed by atoms with Crippen LogP contribution in [0.4, 0.5) is 5.69 Å². The quantitative estimate of drug-likeness (QED) is 0.589. The van der Waals surface area contributed by atoms with Gasteiger partial charge in [-0.05, 0) is 12.1 Å². The first-order valence-corrected chi connectivity index (χ1v) is 5.81. The van der Waals surface area contributed by atoms with Gasteiger partial charge in [-0.25, -0.2) is 4.98 Å². The van der Waals surface area contributed by atoms with Crippen molar-refractivity contribution in [1.29, 1.82) is 5.26 Å². The Balaban J connectivity index is 2.31. The largest absolute Gasteiger partial charge is 0.384 e. The number of pyridine rings is 1. The molecule has 0 aliphatic rings. The first-order valence-electron chi connectivity index (χ1n) is 4.65. The SMILES string of the molecule is C=CCSCCNc1ccnc(C#N)c1. The van der Waals surface area contributed by atoms with Crippen LogP contribution in [0.2, 0.25) is 0 Å². The summed E-state index contributed by atoms with van der Waals surface area (Å²) in [5, 5.41) is 11.9. The summed E-state index contributed by atoms with van der Waals surface area (Å²) in [6.45, 7) is 4.54. The zero-order valence-corrected chi connectivity index (χ0v) is 9.26. The van der Waals surface area contributed by atoms with Crippen molar-refractivity contribution in [1.82, 2.24) is 4.98 Å². The maximum Gasteiger partial charge on any atom is 0.142 e. The average Bonchev–Trinajstić information content (AvgIpc) is 2.29. The molecular formula is C11H13N3S. The van der Waals surface area contributed by atoms with E-state index in [1.807, 2.05) is 30.0 Å². The average molecular weight is 219 g/mol. The van der Waals surface area contributed by atoms with Crippen molar-refractivity contribution < 1.29 is 0 Å². The van der Waals surface area contributed by atoms with Gasteiger partial charge in [0.25, 0.3) is 0 Å². The van der Waals surface area contributed by atoms with Gasteiger partial charge in [0, 0.05) is 29.9 Å². The number of nitrogens with zero attached hydrogens (tertiary/aromatic N) is 2. The maximum absolute atomic E-state index is 8.65. The van der Waals surface area contributed by atoms with Crippen molar-refractivity contribution in [2.75, 3.05) is 23.4 Å². The van der Waals surface area contributed by atoms with Crippen LogP contribution in [0.1, 0.15) is 5.69 Å². The van der Waals surface area contributed by atoms with Crippen LogP contribution in [0.3, 0.4) is 0 Å². The summed E-state index contributed by atoms with van der Waals surface area (Å²) in [5.74, 6) is 2.00. The van der Waals surface area contributed by atoms with Gasteiger partial charge in [0.2, 0.25) is 0 Å². The molecule has 0 saturated carbocycles. The smallest absolute Gasteiger partial charge is 0.142 e. The van der Waals surface area contributed by atoms with E-state index < -0.39 is 0 Å². The minimum atomic E-state index is 0.443. The highest BCUT2D eigenvalue weighted by atomic mass is 32.2. The second kappa shape index (κ2) is 6.91. The fraction of sp³-hybridized carbons (Fsp3) is 0.273. The monoisotopic (exact) mass is 219 g/mol. The second-order valence-electron chi connectivity index (χ2n) is 2.83. The molecule has 0 unspecified atom stereocenters. The number of hydrogen-bond acceptors (Lipinski definition) is 4. The van der Waals surface area contributed by atoms with E-state index >= 15 is 0 Å². The Morgan fingerprint density at radius 1 is 1.67 bits per heavy atom. The van der Waals surface area contributed by atoms with Crippen LogP contribution in [0, 0.1) is 11.3 Å². The summed E-state index contributed by atoms with van der Waals surface area (Å²) < 4.78 is 0. The number of nitriles is 1. The molecule has 0 aromatic carbocycles. The lowest BCUT2D eigenvalue weighted by atomic mass is 10.3. The molecule has 1 aromatic rings. The summed E-state index contributed by atoms with van der Waals surface area (Å²) in [6.07, 6.45) is 3.53. The molecule has 0 atom stereocenters. The van der Waals surface area contributed by atoms with Gasteiger partial charge in [-0.1, -0.05) is 6.08 Å². The van der Waals surface area contributed by atoms with E-state index in [1.54, 1.807) is 12.3 Å². The lowest BCUT2D eigenvalue weighted by Gasteiger charge is -2.04. The lowest BCUT2D eigenvalue weighted by Crippen LogP contribution is -2.04. The number of aromatic nitrogens is 1. The Labute approximate surface area is 94.2 Å². The van der Waals surface area contributed by atoms with E-state index in [9.17, 15) is 0 Å². The molecule has 1 aromatic heterocycles. The molecule has 0 amide bonds. The summed E-state index contributed by atoms with van der Waals surface area (Å²) in [4.78, 5) is 3.90. The number of anilines is 1. The topological polar surface area (TPSA) is 48.7 Å². The minimum absolute atomic E-state index is 0.443. The molecule has 1 rings (SSSR count). The molecule has 0 spiro atoms. The van der Waals surface area contributed by atoms with Gasteiger partial charge >= 0.3 is 0 Å². The van der Waals surface area contributed by atoms with E-state index in [1.165, 1.54) is 0 Å². The molecule has 15 heavy (non-hydrogen) atoms. The normalized spacial score (nSPS) is 9.27. The fourth-order valence-corrected chi connectivity index (χ4v) is 1.62. The molecule has 0 radical (unpaired) electrons. The summed E-state index contributed by atoms with van der Waals surface area (Å²) in [7, 11) is 0. The van der Waals surface area contributed by atoms with Gasteiger partial charge in [0.05, 0.1) is 0 Å². The molecule has 0 aliphatic heterocycles. The Morgan fingerprint density at radius 2 is 2.53 bits per heavy atom.